The molecule has 0 spiro atoms. The standard InChI is InChI=1S/C16H14N2O4/c1-10-2-4-11(5-3-10)17-15(19)16(20)18-12-6-7-13-14(8-12)22-9-21-13/h2-8H,9H2,1H3,(H,17,19)(H,18,20). The predicted molar refractivity (Wildman–Crippen MR) is 81.0 cm³/mol. The number of nitrogens with one attached hydrogen (secondary N) is 2. The number of carbonyl (C=O) groups is 2. The van der Waals surface area contributed by atoms with Gasteiger partial charge in [0.05, 0.1) is 0 Å². The van der Waals surface area contributed by atoms with Gasteiger partial charge in [-0.05, 0) is 31.2 Å². The molecule has 2 aromatic rings. The second kappa shape index (κ2) is 5.77. The van der Waals surface area contributed by atoms with Gasteiger partial charge in [0, 0.05) is 17.4 Å². The predicted octanol–water partition coefficient (Wildman–Crippen LogP) is 2.30. The van der Waals surface area contributed by atoms with Crippen LogP contribution >= 0.6 is 0 Å². The third-order valence-corrected chi connectivity index (χ3v) is 3.15. The summed E-state index contributed by atoms with van der Waals surface area (Å²) in [6.45, 7) is 2.10. The first-order chi connectivity index (χ1) is 10.6. The summed E-state index contributed by atoms with van der Waals surface area (Å²) in [6, 6.07) is 12.1. The molecule has 6 heteroatoms. The molecule has 112 valence electrons. The number of carbonyl (C=O) groups excluding carboxylic acids is 2. The SMILES string of the molecule is Cc1ccc(NC(=O)C(=O)Nc2ccc3c(c2)OCO3)cc1. The fourth-order valence-electron chi connectivity index (χ4n) is 1.99. The molecule has 2 N–H and O–H groups in total. The van der Waals surface area contributed by atoms with E-state index >= 15 is 0 Å². The molecule has 0 aliphatic carbocycles. The van der Waals surface area contributed by atoms with E-state index < -0.39 is 11.8 Å². The van der Waals surface area contributed by atoms with Crippen molar-refractivity contribution in [3.63, 3.8) is 0 Å². The highest BCUT2D eigenvalue weighted by atomic mass is 16.7. The molecule has 6 nitrogen and oxygen atoms in total. The molecule has 3 rings (SSSR count). The fourth-order valence-corrected chi connectivity index (χ4v) is 1.99. The van der Waals surface area contributed by atoms with Gasteiger partial charge in [-0.1, -0.05) is 17.7 Å². The second-order valence-electron chi connectivity index (χ2n) is 4.84. The van der Waals surface area contributed by atoms with E-state index in [1.165, 1.54) is 0 Å². The number of anilines is 2. The first kappa shape index (κ1) is 13.9. The number of aryl methyl sites for hydroxylation is 1. The Labute approximate surface area is 127 Å². The molecule has 0 atom stereocenters. The average molecular weight is 298 g/mol. The smallest absolute Gasteiger partial charge is 0.314 e. The van der Waals surface area contributed by atoms with E-state index in [2.05, 4.69) is 10.6 Å². The molecule has 1 aliphatic rings. The molecular formula is C16H14N2O4. The van der Waals surface area contributed by atoms with Crippen molar-refractivity contribution in [2.45, 2.75) is 6.92 Å². The first-order valence-electron chi connectivity index (χ1n) is 6.70. The van der Waals surface area contributed by atoms with Crippen LogP contribution in [0.5, 0.6) is 11.5 Å². The van der Waals surface area contributed by atoms with E-state index in [4.69, 9.17) is 9.47 Å². The molecule has 2 aromatic carbocycles. The van der Waals surface area contributed by atoms with Gasteiger partial charge in [-0.2, -0.15) is 0 Å². The molecule has 1 aliphatic heterocycles. The van der Waals surface area contributed by atoms with Crippen molar-refractivity contribution in [1.82, 2.24) is 0 Å². The van der Waals surface area contributed by atoms with Crippen molar-refractivity contribution in [1.29, 1.82) is 0 Å². The Hall–Kier alpha value is -3.02. The molecule has 0 unspecified atom stereocenters. The van der Waals surface area contributed by atoms with E-state index in [1.807, 2.05) is 19.1 Å². The second-order valence-corrected chi connectivity index (χ2v) is 4.84. The Morgan fingerprint density at radius 2 is 1.45 bits per heavy atom. The lowest BCUT2D eigenvalue weighted by atomic mass is 10.2. The Morgan fingerprint density at radius 1 is 0.864 bits per heavy atom. The van der Waals surface area contributed by atoms with Crippen molar-refractivity contribution in [2.24, 2.45) is 0 Å². The van der Waals surface area contributed by atoms with Crippen LogP contribution in [0.4, 0.5) is 11.4 Å². The van der Waals surface area contributed by atoms with Gasteiger partial charge in [-0.15, -0.1) is 0 Å². The lowest BCUT2D eigenvalue weighted by Crippen LogP contribution is -2.29. The topological polar surface area (TPSA) is 76.7 Å². The summed E-state index contributed by atoms with van der Waals surface area (Å²) in [7, 11) is 0. The zero-order chi connectivity index (χ0) is 15.5. The maximum absolute atomic E-state index is 11.9. The number of amides is 2. The van der Waals surface area contributed by atoms with Crippen LogP contribution in [0.25, 0.3) is 0 Å². The van der Waals surface area contributed by atoms with Gasteiger partial charge in [-0.25, -0.2) is 0 Å². The van der Waals surface area contributed by atoms with E-state index in [0.29, 0.717) is 22.9 Å². The molecule has 0 bridgehead atoms. The zero-order valence-electron chi connectivity index (χ0n) is 11.9. The normalized spacial score (nSPS) is 11.9. The minimum absolute atomic E-state index is 0.153. The molecule has 1 heterocycles. The summed E-state index contributed by atoms with van der Waals surface area (Å²) in [5, 5.41) is 5.05. The van der Waals surface area contributed by atoms with Crippen molar-refractivity contribution in [3.05, 3.63) is 48.0 Å². The number of ether oxygens (including phenoxy) is 2. The minimum atomic E-state index is -0.751. The molecule has 0 fully saturated rings. The van der Waals surface area contributed by atoms with Gasteiger partial charge in [0.1, 0.15) is 0 Å². The highest BCUT2D eigenvalue weighted by molar-refractivity contribution is 6.43. The molecule has 0 aromatic heterocycles. The van der Waals surface area contributed by atoms with Crippen LogP contribution in [0.2, 0.25) is 0 Å². The summed E-state index contributed by atoms with van der Waals surface area (Å²) < 4.78 is 10.4. The summed E-state index contributed by atoms with van der Waals surface area (Å²) in [5.74, 6) is -0.334. The third-order valence-electron chi connectivity index (χ3n) is 3.15. The number of benzene rings is 2. The van der Waals surface area contributed by atoms with Crippen LogP contribution in [0.15, 0.2) is 42.5 Å². The third kappa shape index (κ3) is 3.01. The van der Waals surface area contributed by atoms with Gasteiger partial charge in [0.2, 0.25) is 6.79 Å². The Bertz CT molecular complexity index is 725. The number of fused-ring (bicyclic) bond motifs is 1. The van der Waals surface area contributed by atoms with Gasteiger partial charge in [-0.3, -0.25) is 9.59 Å². The van der Waals surface area contributed by atoms with Crippen LogP contribution in [0, 0.1) is 6.92 Å². The van der Waals surface area contributed by atoms with Crippen molar-refractivity contribution in [3.8, 4) is 11.5 Å². The van der Waals surface area contributed by atoms with E-state index in [9.17, 15) is 9.59 Å². The molecule has 0 saturated carbocycles. The zero-order valence-corrected chi connectivity index (χ0v) is 11.9. The van der Waals surface area contributed by atoms with Gasteiger partial charge >= 0.3 is 11.8 Å². The lowest BCUT2D eigenvalue weighted by Gasteiger charge is -2.07. The number of hydrogen-bond acceptors (Lipinski definition) is 4. The maximum atomic E-state index is 11.9. The summed E-state index contributed by atoms with van der Waals surface area (Å²) in [6.07, 6.45) is 0. The average Bonchev–Trinajstić information content (AvgIpc) is 2.97. The van der Waals surface area contributed by atoms with Crippen molar-refractivity contribution >= 4 is 23.2 Å². The van der Waals surface area contributed by atoms with Crippen LogP contribution in [0.3, 0.4) is 0 Å². The lowest BCUT2D eigenvalue weighted by molar-refractivity contribution is -0.132. The summed E-state index contributed by atoms with van der Waals surface area (Å²) >= 11 is 0. The Kier molecular flexibility index (Phi) is 3.65. The largest absolute Gasteiger partial charge is 0.454 e. The molecular weight excluding hydrogens is 284 g/mol. The molecule has 0 radical (unpaired) electrons. The maximum Gasteiger partial charge on any atom is 0.314 e. The fraction of sp³-hybridized carbons (Fsp3) is 0.125. The van der Waals surface area contributed by atoms with E-state index in [-0.39, 0.29) is 6.79 Å². The minimum Gasteiger partial charge on any atom is -0.454 e. The van der Waals surface area contributed by atoms with Crippen molar-refractivity contribution in [2.75, 3.05) is 17.4 Å². The number of hydrogen-bond donors (Lipinski definition) is 2. The molecule has 2 amide bonds. The highest BCUT2D eigenvalue weighted by Gasteiger charge is 2.17. The first-order valence-corrected chi connectivity index (χ1v) is 6.70. The van der Waals surface area contributed by atoms with Crippen molar-refractivity contribution < 1.29 is 19.1 Å². The van der Waals surface area contributed by atoms with Crippen LogP contribution in [-0.4, -0.2) is 18.6 Å². The number of rotatable bonds is 2. The van der Waals surface area contributed by atoms with Gasteiger partial charge in [0.15, 0.2) is 11.5 Å². The van der Waals surface area contributed by atoms with Crippen LogP contribution in [-0.2, 0) is 9.59 Å². The van der Waals surface area contributed by atoms with Crippen LogP contribution < -0.4 is 20.1 Å². The monoisotopic (exact) mass is 298 g/mol. The Morgan fingerprint density at radius 3 is 2.18 bits per heavy atom. The quantitative estimate of drug-likeness (QED) is 0.834. The van der Waals surface area contributed by atoms with Gasteiger partial charge < -0.3 is 20.1 Å². The molecule has 0 saturated heterocycles. The highest BCUT2D eigenvalue weighted by Crippen LogP contribution is 2.34. The van der Waals surface area contributed by atoms with Crippen LogP contribution in [0.1, 0.15) is 5.56 Å². The van der Waals surface area contributed by atoms with Gasteiger partial charge in [0.25, 0.3) is 0 Å². The van der Waals surface area contributed by atoms with E-state index in [1.54, 1.807) is 30.3 Å². The van der Waals surface area contributed by atoms with E-state index in [0.717, 1.165) is 5.56 Å². The summed E-state index contributed by atoms with van der Waals surface area (Å²) in [4.78, 5) is 23.7. The Balaban J connectivity index is 1.63. The summed E-state index contributed by atoms with van der Waals surface area (Å²) in [5.41, 5.74) is 2.10. The molecule has 22 heavy (non-hydrogen) atoms.